The Morgan fingerprint density at radius 2 is 1.66 bits per heavy atom. The Balaban J connectivity index is 0.000000505. The maximum Gasteiger partial charge on any atom is 0.490 e. The van der Waals surface area contributed by atoms with Gasteiger partial charge in [-0.05, 0) is 74.7 Å². The Morgan fingerprint density at radius 1 is 1.08 bits per heavy atom. The van der Waals surface area contributed by atoms with Gasteiger partial charge in [0.2, 0.25) is 5.91 Å². The lowest BCUT2D eigenvalue weighted by Gasteiger charge is -2.52. The van der Waals surface area contributed by atoms with Gasteiger partial charge in [0.25, 0.3) is 0 Å². The summed E-state index contributed by atoms with van der Waals surface area (Å²) in [4.78, 5) is 23.3. The van der Waals surface area contributed by atoms with Crippen LogP contribution in [-0.2, 0) is 32.1 Å². The number of carbonyl (C=O) groups is 2. The van der Waals surface area contributed by atoms with Gasteiger partial charge in [0.1, 0.15) is 11.1 Å². The minimum atomic E-state index is -5.08. The van der Waals surface area contributed by atoms with Crippen LogP contribution in [0.3, 0.4) is 0 Å². The molecule has 1 atom stereocenters. The lowest BCUT2D eigenvalue weighted by molar-refractivity contribution is -0.192. The van der Waals surface area contributed by atoms with E-state index >= 15 is 0 Å². The predicted octanol–water partition coefficient (Wildman–Crippen LogP) is 3.92. The van der Waals surface area contributed by atoms with Crippen molar-refractivity contribution in [3.8, 4) is 0 Å². The van der Waals surface area contributed by atoms with Crippen molar-refractivity contribution in [1.29, 1.82) is 0 Å². The molecule has 1 saturated carbocycles. The van der Waals surface area contributed by atoms with Gasteiger partial charge >= 0.3 is 18.3 Å². The fourth-order valence-electron chi connectivity index (χ4n) is 5.21. The maximum absolute atomic E-state index is 13.5. The van der Waals surface area contributed by atoms with Gasteiger partial charge in [-0.1, -0.05) is 6.07 Å². The number of amides is 1. The highest BCUT2D eigenvalue weighted by Gasteiger charge is 2.48. The number of nitrogens with zero attached hydrogens (tertiary/aromatic N) is 1. The molecule has 214 valence electrons. The molecule has 3 fully saturated rings. The Labute approximate surface area is 214 Å². The average molecular weight is 577 g/mol. The number of carboxylic acid groups (broad SMARTS) is 1. The fraction of sp³-hybridized carbons (Fsp3) is 0.652. The third-order valence-corrected chi connectivity index (χ3v) is 9.40. The maximum atomic E-state index is 13.5. The summed E-state index contributed by atoms with van der Waals surface area (Å²) in [6.45, 7) is 1.77. The van der Waals surface area contributed by atoms with Crippen LogP contribution in [0, 0.1) is 11.2 Å². The summed E-state index contributed by atoms with van der Waals surface area (Å²) in [5.74, 6) is -4.32. The van der Waals surface area contributed by atoms with E-state index in [1.807, 2.05) is 0 Å². The molecule has 1 aromatic rings. The van der Waals surface area contributed by atoms with Gasteiger partial charge in [0.15, 0.2) is 9.84 Å². The standard InChI is InChI=1S/C21H26F4N2O3S.C2HF3O2/c22-17-4-3-14(10-16(17)21(23,24)25)13-27-7-5-20(6-8-27)11-15(12-20)26-19(28)18-2-1-9-31(18,29)30;3-2(4,5)1(6)7/h3-4,10,15,18H,1-2,5-9,11-13H2,(H,26,28);(H,6,7). The van der Waals surface area contributed by atoms with Crippen LogP contribution in [0.4, 0.5) is 30.7 Å². The first kappa shape index (κ1) is 30.1. The van der Waals surface area contributed by atoms with Gasteiger partial charge < -0.3 is 10.4 Å². The van der Waals surface area contributed by atoms with E-state index in [1.165, 1.54) is 6.07 Å². The Kier molecular flexibility index (Phi) is 8.71. The zero-order valence-corrected chi connectivity index (χ0v) is 20.9. The molecule has 7 nitrogen and oxygen atoms in total. The van der Waals surface area contributed by atoms with Crippen LogP contribution in [0.5, 0.6) is 0 Å². The molecule has 1 aromatic carbocycles. The van der Waals surface area contributed by atoms with Crippen molar-refractivity contribution in [1.82, 2.24) is 10.2 Å². The number of hydrogen-bond donors (Lipinski definition) is 2. The van der Waals surface area contributed by atoms with E-state index < -0.39 is 44.8 Å². The van der Waals surface area contributed by atoms with E-state index in [0.29, 0.717) is 24.9 Å². The second-order valence-electron chi connectivity index (χ2n) is 10.0. The molecule has 1 unspecified atom stereocenters. The molecule has 38 heavy (non-hydrogen) atoms. The summed E-state index contributed by atoms with van der Waals surface area (Å²) >= 11 is 0. The van der Waals surface area contributed by atoms with Crippen LogP contribution < -0.4 is 5.32 Å². The number of likely N-dealkylation sites (tertiary alicyclic amines) is 1. The van der Waals surface area contributed by atoms with Gasteiger partial charge in [-0.15, -0.1) is 0 Å². The Morgan fingerprint density at radius 3 is 2.13 bits per heavy atom. The smallest absolute Gasteiger partial charge is 0.475 e. The topological polar surface area (TPSA) is 104 Å². The lowest BCUT2D eigenvalue weighted by Crippen LogP contribution is -2.56. The van der Waals surface area contributed by atoms with Gasteiger partial charge in [-0.2, -0.15) is 26.3 Å². The largest absolute Gasteiger partial charge is 0.490 e. The third-order valence-electron chi connectivity index (χ3n) is 7.23. The predicted molar refractivity (Wildman–Crippen MR) is 120 cm³/mol. The summed E-state index contributed by atoms with van der Waals surface area (Å²) in [6, 6.07) is 3.13. The monoisotopic (exact) mass is 576 g/mol. The molecule has 2 heterocycles. The van der Waals surface area contributed by atoms with Gasteiger partial charge in [-0.25, -0.2) is 17.6 Å². The van der Waals surface area contributed by atoms with Crippen LogP contribution >= 0.6 is 0 Å². The van der Waals surface area contributed by atoms with Gasteiger partial charge in [0, 0.05) is 12.6 Å². The van der Waals surface area contributed by atoms with Crippen LogP contribution in [0.2, 0.25) is 0 Å². The number of rotatable bonds is 4. The first-order valence-corrected chi connectivity index (χ1v) is 13.5. The number of alkyl halides is 6. The van der Waals surface area contributed by atoms with Crippen LogP contribution in [0.1, 0.15) is 49.7 Å². The van der Waals surface area contributed by atoms with Gasteiger partial charge in [0.05, 0.1) is 11.3 Å². The van der Waals surface area contributed by atoms with Crippen molar-refractivity contribution >= 4 is 21.7 Å². The fourth-order valence-corrected chi connectivity index (χ4v) is 6.98. The number of halogens is 7. The van der Waals surface area contributed by atoms with Crippen molar-refractivity contribution in [2.45, 2.75) is 68.7 Å². The van der Waals surface area contributed by atoms with Crippen LogP contribution in [-0.4, -0.2) is 66.6 Å². The zero-order valence-electron chi connectivity index (χ0n) is 20.0. The molecule has 0 aromatic heterocycles. The van der Waals surface area contributed by atoms with Crippen LogP contribution in [0.25, 0.3) is 0 Å². The van der Waals surface area contributed by atoms with Crippen molar-refractivity contribution in [2.75, 3.05) is 18.8 Å². The van der Waals surface area contributed by atoms with Crippen LogP contribution in [0.15, 0.2) is 18.2 Å². The summed E-state index contributed by atoms with van der Waals surface area (Å²) < 4.78 is 108. The molecule has 0 radical (unpaired) electrons. The first-order chi connectivity index (χ1) is 17.4. The quantitative estimate of drug-likeness (QED) is 0.527. The Bertz CT molecular complexity index is 1140. The molecule has 4 rings (SSSR count). The average Bonchev–Trinajstić information content (AvgIpc) is 3.13. The molecule has 0 bridgehead atoms. The van der Waals surface area contributed by atoms with E-state index in [1.54, 1.807) is 0 Å². The van der Waals surface area contributed by atoms with Crippen molar-refractivity contribution in [2.24, 2.45) is 5.41 Å². The highest BCUT2D eigenvalue weighted by molar-refractivity contribution is 7.93. The number of carboxylic acids is 1. The molecule has 3 aliphatic rings. The third kappa shape index (κ3) is 7.36. The normalized spacial score (nSPS) is 23.3. The molecular formula is C23H27F7N2O5S. The highest BCUT2D eigenvalue weighted by Crippen LogP contribution is 2.49. The number of nitrogens with one attached hydrogen (secondary N) is 1. The Hall–Kier alpha value is -2.42. The minimum Gasteiger partial charge on any atom is -0.475 e. The SMILES string of the molecule is O=C(NC1CC2(CCN(Cc3ccc(F)c(C(F)(F)F)c3)CC2)C1)C1CCCS1(=O)=O.O=C(O)C(F)(F)F. The van der Waals surface area contributed by atoms with E-state index in [0.717, 1.165) is 50.9 Å². The molecule has 1 spiro atoms. The summed E-state index contributed by atoms with van der Waals surface area (Å²) in [5, 5.41) is 9.10. The van der Waals surface area contributed by atoms with Crippen molar-refractivity contribution in [3.05, 3.63) is 35.1 Å². The number of aliphatic carboxylic acids is 1. The lowest BCUT2D eigenvalue weighted by atomic mass is 9.60. The number of piperidine rings is 1. The number of hydrogen-bond acceptors (Lipinski definition) is 5. The van der Waals surface area contributed by atoms with E-state index in [4.69, 9.17) is 9.90 Å². The van der Waals surface area contributed by atoms with Crippen molar-refractivity contribution in [3.63, 3.8) is 0 Å². The summed E-state index contributed by atoms with van der Waals surface area (Å²) in [7, 11) is -3.31. The zero-order chi connectivity index (χ0) is 28.5. The number of sulfone groups is 1. The summed E-state index contributed by atoms with van der Waals surface area (Å²) in [6.07, 6.45) is -5.54. The number of benzene rings is 1. The molecule has 15 heteroatoms. The second-order valence-corrected chi connectivity index (χ2v) is 12.3. The minimum absolute atomic E-state index is 0.0127. The van der Waals surface area contributed by atoms with E-state index in [-0.39, 0.29) is 23.1 Å². The molecule has 2 aliphatic heterocycles. The molecule has 1 aliphatic carbocycles. The van der Waals surface area contributed by atoms with Gasteiger partial charge in [-0.3, -0.25) is 9.69 Å². The molecule has 1 amide bonds. The van der Waals surface area contributed by atoms with E-state index in [2.05, 4.69) is 10.2 Å². The first-order valence-electron chi connectivity index (χ1n) is 11.8. The highest BCUT2D eigenvalue weighted by atomic mass is 32.2. The molecule has 2 N–H and O–H groups in total. The molecular weight excluding hydrogens is 549 g/mol. The number of carbonyl (C=O) groups excluding carboxylic acids is 1. The molecule has 2 saturated heterocycles. The second kappa shape index (κ2) is 11.0. The van der Waals surface area contributed by atoms with Crippen molar-refractivity contribution < 1.29 is 53.8 Å². The summed E-state index contributed by atoms with van der Waals surface area (Å²) in [5.41, 5.74) is -0.704. The van der Waals surface area contributed by atoms with E-state index in [9.17, 15) is 43.9 Å².